The van der Waals surface area contributed by atoms with Gasteiger partial charge in [0, 0.05) is 13.1 Å². The Kier molecular flexibility index (Phi) is 4.51. The third-order valence-electron chi connectivity index (χ3n) is 6.02. The fraction of sp³-hybridized carbons (Fsp3) is 0.812. The Morgan fingerprint density at radius 3 is 2.58 bits per heavy atom. The van der Waals surface area contributed by atoms with Gasteiger partial charge in [0.15, 0.2) is 0 Å². The van der Waals surface area contributed by atoms with Gasteiger partial charge in [0.25, 0.3) is 5.91 Å². The molecule has 3 aliphatic heterocycles. The molecule has 4 amide bonds. The van der Waals surface area contributed by atoms with Gasteiger partial charge in [-0.1, -0.05) is 20.8 Å². The first kappa shape index (κ1) is 18.7. The number of hydrogen-bond acceptors (Lipinski definition) is 5. The van der Waals surface area contributed by atoms with E-state index < -0.39 is 29.6 Å². The molecule has 3 rings (SSSR count). The van der Waals surface area contributed by atoms with E-state index in [9.17, 15) is 24.7 Å². The number of nitrogens with zero attached hydrogens (tertiary/aromatic N) is 3. The molecule has 0 aliphatic carbocycles. The molecule has 10 heteroatoms. The van der Waals surface area contributed by atoms with Gasteiger partial charge in [-0.15, -0.1) is 0 Å². The summed E-state index contributed by atoms with van der Waals surface area (Å²) in [5, 5.41) is 19.7. The monoisotopic (exact) mass is 370 g/mol. The maximum atomic E-state index is 12.4. The Labute approximate surface area is 151 Å². The van der Waals surface area contributed by atoms with Crippen molar-refractivity contribution in [3.05, 3.63) is 0 Å². The first-order valence-electron chi connectivity index (χ1n) is 8.79. The molecule has 3 N–H and O–H groups in total. The number of urea groups is 1. The first-order valence-corrected chi connectivity index (χ1v) is 8.79. The molecular weight excluding hydrogens is 344 g/mol. The number of fused-ring (bicyclic) bond motifs is 2. The van der Waals surface area contributed by atoms with Crippen LogP contribution in [0, 0.1) is 5.41 Å². The fourth-order valence-electron chi connectivity index (χ4n) is 4.14. The molecule has 0 spiro atoms. The van der Waals surface area contributed by atoms with E-state index in [0.29, 0.717) is 37.4 Å². The van der Waals surface area contributed by atoms with Crippen molar-refractivity contribution in [3.63, 3.8) is 0 Å². The highest BCUT2D eigenvalue weighted by Gasteiger charge is 2.56. The molecule has 26 heavy (non-hydrogen) atoms. The molecule has 0 unspecified atom stereocenters. The van der Waals surface area contributed by atoms with Crippen LogP contribution in [0.1, 0.15) is 40.0 Å². The standard InChI is InChI=1S/C16H26N4O6/c1-15(2,3)16(6-7-19(16)14(23)24)9-26-17-12(21)11-5-4-10-8-18(11)13(22)20(10)25/h10-11,25H,4-9H2,1-3H3,(H,17,21)(H,23,24)/t10-,11+,16-/m1/s1. The summed E-state index contributed by atoms with van der Waals surface area (Å²) in [5.41, 5.74) is 1.29. The maximum Gasteiger partial charge on any atom is 0.407 e. The second-order valence-corrected chi connectivity index (χ2v) is 8.25. The van der Waals surface area contributed by atoms with Gasteiger partial charge in [-0.05, 0) is 24.7 Å². The van der Waals surface area contributed by atoms with E-state index >= 15 is 0 Å². The van der Waals surface area contributed by atoms with Crippen LogP contribution in [0.15, 0.2) is 0 Å². The number of carbonyl (C=O) groups excluding carboxylic acids is 2. The van der Waals surface area contributed by atoms with Crippen molar-refractivity contribution < 1.29 is 29.5 Å². The van der Waals surface area contributed by atoms with Crippen LogP contribution in [0.5, 0.6) is 0 Å². The Hall–Kier alpha value is -2.07. The smallest absolute Gasteiger partial charge is 0.407 e. The van der Waals surface area contributed by atoms with E-state index in [1.165, 1.54) is 9.80 Å². The van der Waals surface area contributed by atoms with E-state index in [2.05, 4.69) is 5.48 Å². The summed E-state index contributed by atoms with van der Waals surface area (Å²) in [6, 6.07) is -1.54. The zero-order valence-electron chi connectivity index (χ0n) is 15.3. The third-order valence-corrected chi connectivity index (χ3v) is 6.02. The molecule has 146 valence electrons. The molecule has 2 bridgehead atoms. The van der Waals surface area contributed by atoms with Crippen molar-refractivity contribution in [2.75, 3.05) is 19.7 Å². The predicted octanol–water partition coefficient (Wildman–Crippen LogP) is 0.861. The van der Waals surface area contributed by atoms with Crippen LogP contribution < -0.4 is 5.48 Å². The van der Waals surface area contributed by atoms with Crippen molar-refractivity contribution in [1.82, 2.24) is 20.3 Å². The molecule has 0 saturated carbocycles. The lowest BCUT2D eigenvalue weighted by atomic mass is 9.66. The number of amides is 4. The summed E-state index contributed by atoms with van der Waals surface area (Å²) >= 11 is 0. The minimum absolute atomic E-state index is 0.0317. The summed E-state index contributed by atoms with van der Waals surface area (Å²) in [6.45, 7) is 6.59. The number of likely N-dealkylation sites (tertiary alicyclic amines) is 1. The van der Waals surface area contributed by atoms with E-state index in [1.54, 1.807) is 0 Å². The molecule has 3 aliphatic rings. The average Bonchev–Trinajstić information content (AvgIpc) is 2.73. The summed E-state index contributed by atoms with van der Waals surface area (Å²) in [5.74, 6) is -0.461. The lowest BCUT2D eigenvalue weighted by Crippen LogP contribution is -2.70. The lowest BCUT2D eigenvalue weighted by molar-refractivity contribution is -0.158. The maximum absolute atomic E-state index is 12.4. The Bertz CT molecular complexity index is 620. The molecule has 10 nitrogen and oxygen atoms in total. The Balaban J connectivity index is 1.59. The van der Waals surface area contributed by atoms with E-state index in [-0.39, 0.29) is 18.1 Å². The van der Waals surface area contributed by atoms with E-state index in [0.717, 1.165) is 0 Å². The number of nitrogens with one attached hydrogen (secondary N) is 1. The van der Waals surface area contributed by atoms with Crippen LogP contribution in [-0.4, -0.2) is 80.5 Å². The van der Waals surface area contributed by atoms with Gasteiger partial charge in [0.1, 0.15) is 6.04 Å². The van der Waals surface area contributed by atoms with Crippen molar-refractivity contribution in [1.29, 1.82) is 0 Å². The number of piperidine rings is 1. The number of carboxylic acid groups (broad SMARTS) is 1. The molecule has 0 radical (unpaired) electrons. The molecule has 3 fully saturated rings. The average molecular weight is 370 g/mol. The van der Waals surface area contributed by atoms with Gasteiger partial charge in [0.05, 0.1) is 18.2 Å². The first-order chi connectivity index (χ1) is 12.1. The van der Waals surface area contributed by atoms with Crippen LogP contribution in [0.3, 0.4) is 0 Å². The Morgan fingerprint density at radius 2 is 2.04 bits per heavy atom. The number of hydroxylamine groups is 3. The highest BCUT2D eigenvalue weighted by Crippen LogP contribution is 2.45. The quantitative estimate of drug-likeness (QED) is 0.498. The molecule has 3 atom stereocenters. The molecular formula is C16H26N4O6. The van der Waals surface area contributed by atoms with E-state index in [4.69, 9.17) is 4.84 Å². The minimum atomic E-state index is -1.01. The van der Waals surface area contributed by atoms with Crippen LogP contribution in [0.25, 0.3) is 0 Å². The van der Waals surface area contributed by atoms with Crippen molar-refractivity contribution in [2.45, 2.75) is 57.7 Å². The molecule has 3 heterocycles. The number of carbonyl (C=O) groups is 3. The van der Waals surface area contributed by atoms with Crippen LogP contribution in [-0.2, 0) is 9.63 Å². The highest BCUT2D eigenvalue weighted by atomic mass is 16.7. The summed E-state index contributed by atoms with van der Waals surface area (Å²) in [6.07, 6.45) is 0.614. The highest BCUT2D eigenvalue weighted by molar-refractivity contribution is 5.87. The number of hydrogen-bond donors (Lipinski definition) is 3. The molecule has 3 saturated heterocycles. The minimum Gasteiger partial charge on any atom is -0.465 e. The Morgan fingerprint density at radius 1 is 1.35 bits per heavy atom. The normalized spacial score (nSPS) is 31.1. The molecule has 0 aromatic carbocycles. The zero-order chi connectivity index (χ0) is 19.3. The van der Waals surface area contributed by atoms with Crippen molar-refractivity contribution in [3.8, 4) is 0 Å². The van der Waals surface area contributed by atoms with Crippen molar-refractivity contribution in [2.24, 2.45) is 5.41 Å². The summed E-state index contributed by atoms with van der Waals surface area (Å²) in [7, 11) is 0. The third kappa shape index (κ3) is 2.77. The van der Waals surface area contributed by atoms with Crippen LogP contribution in [0.2, 0.25) is 0 Å². The fourth-order valence-corrected chi connectivity index (χ4v) is 4.14. The van der Waals surface area contributed by atoms with Gasteiger partial charge in [-0.3, -0.25) is 19.7 Å². The van der Waals surface area contributed by atoms with Gasteiger partial charge < -0.3 is 10.0 Å². The van der Waals surface area contributed by atoms with Gasteiger partial charge in [-0.25, -0.2) is 20.1 Å². The second-order valence-electron chi connectivity index (χ2n) is 8.25. The van der Waals surface area contributed by atoms with Crippen molar-refractivity contribution >= 4 is 18.0 Å². The largest absolute Gasteiger partial charge is 0.465 e. The van der Waals surface area contributed by atoms with Crippen LogP contribution in [0.4, 0.5) is 9.59 Å². The molecule has 0 aromatic rings. The lowest BCUT2D eigenvalue weighted by Gasteiger charge is -2.58. The van der Waals surface area contributed by atoms with Gasteiger partial charge in [0.2, 0.25) is 0 Å². The van der Waals surface area contributed by atoms with Gasteiger partial charge >= 0.3 is 12.1 Å². The topological polar surface area (TPSA) is 123 Å². The van der Waals surface area contributed by atoms with E-state index in [1.807, 2.05) is 20.8 Å². The predicted molar refractivity (Wildman–Crippen MR) is 88.2 cm³/mol. The molecule has 0 aromatic heterocycles. The second kappa shape index (κ2) is 6.27. The summed E-state index contributed by atoms with van der Waals surface area (Å²) < 4.78 is 0. The number of rotatable bonds is 4. The zero-order valence-corrected chi connectivity index (χ0v) is 15.3. The van der Waals surface area contributed by atoms with Crippen LogP contribution >= 0.6 is 0 Å². The summed E-state index contributed by atoms with van der Waals surface area (Å²) in [4.78, 5) is 43.9. The SMILES string of the molecule is CC(C)(C)[C@]1(CONC(=O)[C@@H]2CC[C@@H]3CN2C(=O)N3O)CCN1C(=O)O. The van der Waals surface area contributed by atoms with Gasteiger partial charge in [-0.2, -0.15) is 0 Å².